The molecule has 2 heterocycles. The molecule has 0 fully saturated rings. The second-order valence-electron chi connectivity index (χ2n) is 6.32. The lowest BCUT2D eigenvalue weighted by atomic mass is 10.1. The molecule has 1 aliphatic rings. The molecule has 3 rings (SSSR count). The molecular formula is C19H24ClIN4OS. The number of rotatable bonds is 4. The van der Waals surface area contributed by atoms with Gasteiger partial charge in [-0.2, -0.15) is 0 Å². The Hall–Kier alpha value is -1.32. The van der Waals surface area contributed by atoms with Crippen molar-refractivity contribution in [1.82, 2.24) is 15.1 Å². The number of benzene rings is 1. The number of carbonyl (C=O) groups is 1. The predicted octanol–water partition coefficient (Wildman–Crippen LogP) is 3.61. The van der Waals surface area contributed by atoms with Crippen molar-refractivity contribution in [2.45, 2.75) is 19.5 Å². The van der Waals surface area contributed by atoms with Crippen molar-refractivity contribution in [2.75, 3.05) is 27.2 Å². The zero-order valence-electron chi connectivity index (χ0n) is 15.4. The van der Waals surface area contributed by atoms with Crippen LogP contribution >= 0.6 is 46.9 Å². The van der Waals surface area contributed by atoms with Crippen LogP contribution in [-0.2, 0) is 24.3 Å². The molecule has 0 bridgehead atoms. The molecule has 0 radical (unpaired) electrons. The van der Waals surface area contributed by atoms with Crippen LogP contribution in [0.4, 0.5) is 0 Å². The van der Waals surface area contributed by atoms with Crippen molar-refractivity contribution in [3.05, 3.63) is 56.7 Å². The minimum absolute atomic E-state index is 0. The maximum absolute atomic E-state index is 12.5. The number of carbonyl (C=O) groups excluding carboxylic acids is 1. The zero-order valence-corrected chi connectivity index (χ0v) is 19.3. The van der Waals surface area contributed by atoms with Gasteiger partial charge in [-0.05, 0) is 41.1 Å². The smallest absolute Gasteiger partial charge is 0.242 e. The van der Waals surface area contributed by atoms with E-state index in [-0.39, 0.29) is 36.4 Å². The van der Waals surface area contributed by atoms with Crippen molar-refractivity contribution in [3.63, 3.8) is 0 Å². The molecule has 0 saturated carbocycles. The molecule has 0 atom stereocenters. The van der Waals surface area contributed by atoms with Crippen LogP contribution < -0.4 is 5.32 Å². The standard InChI is InChI=1S/C19H23ClN4OS.HI/c1-21-19(23(2)12-14-3-5-16(20)6-4-14)22-11-18(25)24-9-7-17-15(13-24)8-10-26-17;/h3-6,8,10H,7,9,11-13H2,1-2H3,(H,21,22);1H. The SMILES string of the molecule is CN=C(NCC(=O)N1CCc2sccc2C1)N(C)Cc1ccc(Cl)cc1.I. The van der Waals surface area contributed by atoms with E-state index >= 15 is 0 Å². The first-order chi connectivity index (χ1) is 12.6. The Bertz CT molecular complexity index is 793. The van der Waals surface area contributed by atoms with E-state index in [2.05, 4.69) is 21.8 Å². The van der Waals surface area contributed by atoms with Gasteiger partial charge < -0.3 is 15.1 Å². The number of fused-ring (bicyclic) bond motifs is 1. The maximum Gasteiger partial charge on any atom is 0.242 e. The number of nitrogens with zero attached hydrogens (tertiary/aromatic N) is 3. The van der Waals surface area contributed by atoms with E-state index in [4.69, 9.17) is 11.6 Å². The van der Waals surface area contributed by atoms with E-state index in [9.17, 15) is 4.79 Å². The largest absolute Gasteiger partial charge is 0.347 e. The summed E-state index contributed by atoms with van der Waals surface area (Å²) in [6, 6.07) is 9.84. The summed E-state index contributed by atoms with van der Waals surface area (Å²) in [5.74, 6) is 0.796. The topological polar surface area (TPSA) is 47.9 Å². The number of amides is 1. The summed E-state index contributed by atoms with van der Waals surface area (Å²) in [5.41, 5.74) is 2.41. The summed E-state index contributed by atoms with van der Waals surface area (Å²) in [5, 5.41) is 6.00. The minimum atomic E-state index is 0. The summed E-state index contributed by atoms with van der Waals surface area (Å²) in [6.45, 7) is 2.43. The summed E-state index contributed by atoms with van der Waals surface area (Å²) in [7, 11) is 3.68. The molecule has 1 aromatic heterocycles. The molecule has 0 aliphatic carbocycles. The van der Waals surface area contributed by atoms with E-state index in [0.717, 1.165) is 23.6 Å². The predicted molar refractivity (Wildman–Crippen MR) is 123 cm³/mol. The number of thiophene rings is 1. The van der Waals surface area contributed by atoms with Gasteiger partial charge in [0, 0.05) is 43.6 Å². The van der Waals surface area contributed by atoms with Crippen LogP contribution in [0.15, 0.2) is 40.7 Å². The van der Waals surface area contributed by atoms with Gasteiger partial charge in [0.2, 0.25) is 5.91 Å². The number of aliphatic imine (C=N–C) groups is 1. The van der Waals surface area contributed by atoms with E-state index in [0.29, 0.717) is 19.0 Å². The first-order valence-electron chi connectivity index (χ1n) is 8.56. The quantitative estimate of drug-likeness (QED) is 0.382. The lowest BCUT2D eigenvalue weighted by molar-refractivity contribution is -0.130. The lowest BCUT2D eigenvalue weighted by Gasteiger charge is -2.28. The third-order valence-corrected chi connectivity index (χ3v) is 5.74. The number of guanidine groups is 1. The molecule has 1 N–H and O–H groups in total. The van der Waals surface area contributed by atoms with Gasteiger partial charge in [0.15, 0.2) is 5.96 Å². The summed E-state index contributed by atoms with van der Waals surface area (Å²) >= 11 is 7.71. The molecule has 27 heavy (non-hydrogen) atoms. The number of hydrogen-bond acceptors (Lipinski definition) is 3. The van der Waals surface area contributed by atoms with Crippen LogP contribution in [0.5, 0.6) is 0 Å². The first-order valence-corrected chi connectivity index (χ1v) is 9.82. The van der Waals surface area contributed by atoms with Crippen molar-refractivity contribution >= 4 is 58.8 Å². The summed E-state index contributed by atoms with van der Waals surface area (Å²) < 4.78 is 0. The van der Waals surface area contributed by atoms with E-state index in [1.165, 1.54) is 10.4 Å². The summed E-state index contributed by atoms with van der Waals surface area (Å²) in [6.07, 6.45) is 0.948. The fourth-order valence-corrected chi connectivity index (χ4v) is 4.07. The van der Waals surface area contributed by atoms with Gasteiger partial charge >= 0.3 is 0 Å². The molecule has 146 valence electrons. The third kappa shape index (κ3) is 5.83. The molecule has 1 aromatic carbocycles. The molecule has 5 nitrogen and oxygen atoms in total. The number of nitrogens with one attached hydrogen (secondary N) is 1. The molecule has 0 spiro atoms. The minimum Gasteiger partial charge on any atom is -0.347 e. The second-order valence-corrected chi connectivity index (χ2v) is 7.75. The highest BCUT2D eigenvalue weighted by Gasteiger charge is 2.21. The van der Waals surface area contributed by atoms with Crippen LogP contribution in [0.3, 0.4) is 0 Å². The van der Waals surface area contributed by atoms with Gasteiger partial charge in [0.1, 0.15) is 0 Å². The zero-order chi connectivity index (χ0) is 18.5. The summed E-state index contributed by atoms with van der Waals surface area (Å²) in [4.78, 5) is 22.1. The fraction of sp³-hybridized carbons (Fsp3) is 0.368. The van der Waals surface area contributed by atoms with Crippen LogP contribution in [0.25, 0.3) is 0 Å². The van der Waals surface area contributed by atoms with Crippen LogP contribution in [0.2, 0.25) is 5.02 Å². The van der Waals surface area contributed by atoms with Crippen molar-refractivity contribution in [3.8, 4) is 0 Å². The highest BCUT2D eigenvalue weighted by Crippen LogP contribution is 2.23. The molecule has 2 aromatic rings. The highest BCUT2D eigenvalue weighted by molar-refractivity contribution is 14.0. The van der Waals surface area contributed by atoms with Crippen LogP contribution in [0, 0.1) is 0 Å². The Morgan fingerprint density at radius 3 is 2.78 bits per heavy atom. The highest BCUT2D eigenvalue weighted by atomic mass is 127. The first kappa shape index (κ1) is 22.0. The Morgan fingerprint density at radius 2 is 2.07 bits per heavy atom. The average Bonchev–Trinajstić information content (AvgIpc) is 3.11. The van der Waals surface area contributed by atoms with E-state index in [1.54, 1.807) is 18.4 Å². The molecular weight excluding hydrogens is 495 g/mol. The number of hydrogen-bond donors (Lipinski definition) is 1. The van der Waals surface area contributed by atoms with Crippen molar-refractivity contribution < 1.29 is 4.79 Å². The van der Waals surface area contributed by atoms with Crippen LogP contribution in [0.1, 0.15) is 16.0 Å². The normalized spacial score (nSPS) is 13.6. The van der Waals surface area contributed by atoms with Gasteiger partial charge in [0.05, 0.1) is 6.54 Å². The van der Waals surface area contributed by atoms with Gasteiger partial charge in [0.25, 0.3) is 0 Å². The fourth-order valence-electron chi connectivity index (χ4n) is 3.05. The second kappa shape index (κ2) is 10.3. The lowest BCUT2D eigenvalue weighted by Crippen LogP contribution is -2.46. The van der Waals surface area contributed by atoms with Gasteiger partial charge in [-0.25, -0.2) is 0 Å². The van der Waals surface area contributed by atoms with Crippen LogP contribution in [-0.4, -0.2) is 48.9 Å². The van der Waals surface area contributed by atoms with Gasteiger partial charge in [-0.3, -0.25) is 9.79 Å². The Morgan fingerprint density at radius 1 is 1.33 bits per heavy atom. The molecule has 1 amide bonds. The average molecular weight is 519 g/mol. The van der Waals surface area contributed by atoms with Crippen molar-refractivity contribution in [1.29, 1.82) is 0 Å². The monoisotopic (exact) mass is 518 g/mol. The molecule has 0 saturated heterocycles. The third-order valence-electron chi connectivity index (χ3n) is 4.46. The van der Waals surface area contributed by atoms with Gasteiger partial charge in [-0.1, -0.05) is 23.7 Å². The molecule has 8 heteroatoms. The van der Waals surface area contributed by atoms with Gasteiger partial charge in [-0.15, -0.1) is 35.3 Å². The maximum atomic E-state index is 12.5. The Balaban J connectivity index is 0.00000261. The van der Waals surface area contributed by atoms with Crippen molar-refractivity contribution in [2.24, 2.45) is 4.99 Å². The Labute approximate surface area is 186 Å². The molecule has 1 aliphatic heterocycles. The van der Waals surface area contributed by atoms with E-state index in [1.807, 2.05) is 41.1 Å². The van der Waals surface area contributed by atoms with E-state index < -0.39 is 0 Å². The number of halogens is 2. The Kier molecular flexibility index (Phi) is 8.37. The molecule has 0 unspecified atom stereocenters.